The first-order valence-electron chi connectivity index (χ1n) is 7.08. The molecular formula is C17H18N4. The third-order valence-corrected chi connectivity index (χ3v) is 3.63. The first kappa shape index (κ1) is 13.5. The minimum atomic E-state index is 0.334. The van der Waals surface area contributed by atoms with Crippen LogP contribution in [0.1, 0.15) is 25.3 Å². The van der Waals surface area contributed by atoms with Gasteiger partial charge in [-0.1, -0.05) is 32.0 Å². The monoisotopic (exact) mass is 278 g/mol. The highest BCUT2D eigenvalue weighted by Gasteiger charge is 2.17. The van der Waals surface area contributed by atoms with Crippen LogP contribution in [0.25, 0.3) is 22.0 Å². The first-order chi connectivity index (χ1) is 10.2. The molecule has 0 saturated heterocycles. The van der Waals surface area contributed by atoms with Crippen LogP contribution in [-0.4, -0.2) is 22.0 Å². The van der Waals surface area contributed by atoms with Gasteiger partial charge in [-0.05, 0) is 17.4 Å². The van der Waals surface area contributed by atoms with Crippen LogP contribution in [0.15, 0.2) is 43.0 Å². The maximum atomic E-state index is 4.56. The summed E-state index contributed by atoms with van der Waals surface area (Å²) in [4.78, 5) is 13.1. The lowest BCUT2D eigenvalue weighted by Crippen LogP contribution is -2.04. The second kappa shape index (κ2) is 5.48. The molecule has 0 aliphatic rings. The Morgan fingerprint density at radius 2 is 1.95 bits per heavy atom. The van der Waals surface area contributed by atoms with Crippen LogP contribution in [-0.2, 0) is 0 Å². The summed E-state index contributed by atoms with van der Waals surface area (Å²) in [6.45, 7) is 4.32. The number of hydrogen-bond donors (Lipinski definition) is 1. The van der Waals surface area contributed by atoms with E-state index in [1.165, 1.54) is 0 Å². The molecule has 0 fully saturated rings. The molecule has 0 amide bonds. The summed E-state index contributed by atoms with van der Waals surface area (Å²) < 4.78 is 0. The van der Waals surface area contributed by atoms with Crippen molar-refractivity contribution in [2.75, 3.05) is 12.4 Å². The number of hydrogen-bond acceptors (Lipinski definition) is 4. The second-order valence-electron chi connectivity index (χ2n) is 5.29. The molecule has 0 bridgehead atoms. The number of anilines is 1. The third-order valence-electron chi connectivity index (χ3n) is 3.63. The van der Waals surface area contributed by atoms with Gasteiger partial charge in [-0.25, -0.2) is 9.97 Å². The number of fused-ring (bicyclic) bond motifs is 1. The maximum absolute atomic E-state index is 4.56. The summed E-state index contributed by atoms with van der Waals surface area (Å²) >= 11 is 0. The molecule has 0 spiro atoms. The Morgan fingerprint density at radius 3 is 2.71 bits per heavy atom. The molecular weight excluding hydrogens is 260 g/mol. The SMILES string of the molecule is CNc1ncnc(-c2cccc3cnccc23)c1C(C)C. The lowest BCUT2D eigenvalue weighted by atomic mass is 9.94. The molecule has 1 N–H and O–H groups in total. The Bertz CT molecular complexity index is 775. The fourth-order valence-electron chi connectivity index (χ4n) is 2.69. The molecule has 21 heavy (non-hydrogen) atoms. The van der Waals surface area contributed by atoms with Crippen molar-refractivity contribution in [3.05, 3.63) is 48.5 Å². The van der Waals surface area contributed by atoms with Gasteiger partial charge < -0.3 is 5.32 Å². The summed E-state index contributed by atoms with van der Waals surface area (Å²) in [5.74, 6) is 1.22. The fraction of sp³-hybridized carbons (Fsp3) is 0.235. The van der Waals surface area contributed by atoms with Gasteiger partial charge in [0.2, 0.25) is 0 Å². The van der Waals surface area contributed by atoms with Crippen molar-refractivity contribution in [2.24, 2.45) is 0 Å². The predicted octanol–water partition coefficient (Wildman–Crippen LogP) is 3.86. The van der Waals surface area contributed by atoms with E-state index in [0.29, 0.717) is 5.92 Å². The van der Waals surface area contributed by atoms with Gasteiger partial charge in [0, 0.05) is 36.0 Å². The van der Waals surface area contributed by atoms with E-state index in [-0.39, 0.29) is 0 Å². The number of aromatic nitrogens is 3. The molecule has 0 atom stereocenters. The van der Waals surface area contributed by atoms with Gasteiger partial charge in [0.05, 0.1) is 5.69 Å². The van der Waals surface area contributed by atoms with Crippen LogP contribution in [0.4, 0.5) is 5.82 Å². The van der Waals surface area contributed by atoms with E-state index in [2.05, 4.69) is 46.2 Å². The predicted molar refractivity (Wildman–Crippen MR) is 86.4 cm³/mol. The van der Waals surface area contributed by atoms with Crippen LogP contribution in [0, 0.1) is 0 Å². The summed E-state index contributed by atoms with van der Waals surface area (Å²) in [5.41, 5.74) is 3.25. The van der Waals surface area contributed by atoms with Crippen molar-refractivity contribution < 1.29 is 0 Å². The van der Waals surface area contributed by atoms with Crippen molar-refractivity contribution in [1.82, 2.24) is 15.0 Å². The van der Waals surface area contributed by atoms with Crippen LogP contribution < -0.4 is 5.32 Å². The average Bonchev–Trinajstić information content (AvgIpc) is 2.53. The molecule has 0 aliphatic carbocycles. The molecule has 4 heteroatoms. The molecule has 3 rings (SSSR count). The zero-order chi connectivity index (χ0) is 14.8. The van der Waals surface area contributed by atoms with E-state index in [0.717, 1.165) is 33.4 Å². The van der Waals surface area contributed by atoms with Crippen molar-refractivity contribution in [1.29, 1.82) is 0 Å². The molecule has 2 aromatic heterocycles. The number of nitrogens with zero attached hydrogens (tertiary/aromatic N) is 3. The van der Waals surface area contributed by atoms with Crippen LogP contribution in [0.3, 0.4) is 0 Å². The zero-order valence-corrected chi connectivity index (χ0v) is 12.5. The van der Waals surface area contributed by atoms with Crippen molar-refractivity contribution >= 4 is 16.6 Å². The Labute approximate surface area is 124 Å². The molecule has 3 aromatic rings. The van der Waals surface area contributed by atoms with Gasteiger partial charge in [-0.2, -0.15) is 0 Å². The van der Waals surface area contributed by atoms with E-state index in [1.54, 1.807) is 6.33 Å². The van der Waals surface area contributed by atoms with E-state index in [9.17, 15) is 0 Å². The summed E-state index contributed by atoms with van der Waals surface area (Å²) in [7, 11) is 1.89. The van der Waals surface area contributed by atoms with Crippen LogP contribution in [0.2, 0.25) is 0 Å². The first-order valence-corrected chi connectivity index (χ1v) is 7.08. The molecule has 4 nitrogen and oxygen atoms in total. The molecule has 2 heterocycles. The highest BCUT2D eigenvalue weighted by molar-refractivity contribution is 5.96. The standard InChI is InChI=1S/C17H18N4/c1-11(2)15-16(20-10-21-17(15)18-3)14-6-4-5-12-9-19-8-7-13(12)14/h4-11H,1-3H3,(H,18,20,21). The summed E-state index contributed by atoms with van der Waals surface area (Å²) in [6, 6.07) is 8.26. The fourth-order valence-corrected chi connectivity index (χ4v) is 2.69. The average molecular weight is 278 g/mol. The topological polar surface area (TPSA) is 50.7 Å². The van der Waals surface area contributed by atoms with Crippen LogP contribution >= 0.6 is 0 Å². The molecule has 0 unspecified atom stereocenters. The van der Waals surface area contributed by atoms with E-state index in [1.807, 2.05) is 31.6 Å². The van der Waals surface area contributed by atoms with Gasteiger partial charge in [-0.3, -0.25) is 4.98 Å². The summed E-state index contributed by atoms with van der Waals surface area (Å²) in [5, 5.41) is 5.45. The van der Waals surface area contributed by atoms with Gasteiger partial charge in [0.1, 0.15) is 12.1 Å². The number of rotatable bonds is 3. The molecule has 0 aliphatic heterocycles. The van der Waals surface area contributed by atoms with Gasteiger partial charge >= 0.3 is 0 Å². The smallest absolute Gasteiger partial charge is 0.133 e. The zero-order valence-electron chi connectivity index (χ0n) is 12.5. The lowest BCUT2D eigenvalue weighted by molar-refractivity contribution is 0.852. The minimum Gasteiger partial charge on any atom is -0.373 e. The number of nitrogens with one attached hydrogen (secondary N) is 1. The van der Waals surface area contributed by atoms with Gasteiger partial charge in [0.15, 0.2) is 0 Å². The van der Waals surface area contributed by atoms with Gasteiger partial charge in [-0.15, -0.1) is 0 Å². The van der Waals surface area contributed by atoms with E-state index < -0.39 is 0 Å². The number of pyridine rings is 1. The summed E-state index contributed by atoms with van der Waals surface area (Å²) in [6.07, 6.45) is 5.32. The van der Waals surface area contributed by atoms with Gasteiger partial charge in [0.25, 0.3) is 0 Å². The Kier molecular flexibility index (Phi) is 3.52. The van der Waals surface area contributed by atoms with Crippen LogP contribution in [0.5, 0.6) is 0 Å². The molecule has 106 valence electrons. The van der Waals surface area contributed by atoms with Crippen molar-refractivity contribution in [3.63, 3.8) is 0 Å². The second-order valence-corrected chi connectivity index (χ2v) is 5.29. The molecule has 1 aromatic carbocycles. The van der Waals surface area contributed by atoms with Crippen molar-refractivity contribution in [3.8, 4) is 11.3 Å². The normalized spacial score (nSPS) is 11.0. The lowest BCUT2D eigenvalue weighted by Gasteiger charge is -2.16. The highest BCUT2D eigenvalue weighted by Crippen LogP contribution is 2.35. The van der Waals surface area contributed by atoms with E-state index in [4.69, 9.17) is 0 Å². The minimum absolute atomic E-state index is 0.334. The Hall–Kier alpha value is -2.49. The molecule has 0 saturated carbocycles. The number of benzene rings is 1. The quantitative estimate of drug-likeness (QED) is 0.790. The maximum Gasteiger partial charge on any atom is 0.133 e. The highest BCUT2D eigenvalue weighted by atomic mass is 15.0. The molecule has 0 radical (unpaired) electrons. The van der Waals surface area contributed by atoms with E-state index >= 15 is 0 Å². The Morgan fingerprint density at radius 1 is 1.10 bits per heavy atom. The third kappa shape index (κ3) is 2.33. The van der Waals surface area contributed by atoms with Crippen molar-refractivity contribution in [2.45, 2.75) is 19.8 Å². The largest absolute Gasteiger partial charge is 0.373 e. The Balaban J connectivity index is 2.33.